The maximum absolute atomic E-state index is 11.8. The Morgan fingerprint density at radius 3 is 2.52 bits per heavy atom. The van der Waals surface area contributed by atoms with Gasteiger partial charge in [-0.05, 0) is 12.0 Å². The number of ether oxygens (including phenoxy) is 1. The van der Waals surface area contributed by atoms with E-state index in [0.717, 1.165) is 10.5 Å². The summed E-state index contributed by atoms with van der Waals surface area (Å²) in [5.74, 6) is -2.14. The first-order valence-electron chi connectivity index (χ1n) is 7.15. The number of piperidine rings is 1. The number of benzene rings is 1. The van der Waals surface area contributed by atoms with Crippen molar-refractivity contribution in [3.8, 4) is 0 Å². The number of nitrogens with zero attached hydrogens (tertiary/aromatic N) is 1. The smallest absolute Gasteiger partial charge is 0.407 e. The predicted octanol–water partition coefficient (Wildman–Crippen LogP) is 1.37. The molecule has 1 saturated heterocycles. The monoisotopic (exact) mass is 322 g/mol. The third-order valence-corrected chi connectivity index (χ3v) is 3.72. The fraction of sp³-hybridized carbons (Fsp3) is 0.400. The number of alkyl carbamates (subject to hydrolysis) is 1. The van der Waals surface area contributed by atoms with Crippen LogP contribution in [0.15, 0.2) is 30.3 Å². The molecule has 124 valence electrons. The molecule has 0 spiro atoms. The first-order chi connectivity index (χ1) is 11.0. The maximum Gasteiger partial charge on any atom is 0.407 e. The van der Waals surface area contributed by atoms with E-state index in [0.29, 0.717) is 0 Å². The summed E-state index contributed by atoms with van der Waals surface area (Å²) in [5, 5.41) is 20.7. The highest BCUT2D eigenvalue weighted by Gasteiger charge is 2.37. The van der Waals surface area contributed by atoms with Crippen LogP contribution in [0.3, 0.4) is 0 Å². The van der Waals surface area contributed by atoms with Crippen molar-refractivity contribution < 1.29 is 29.3 Å². The van der Waals surface area contributed by atoms with Crippen molar-refractivity contribution in [2.45, 2.75) is 19.1 Å². The molecule has 1 heterocycles. The molecule has 0 bridgehead atoms. The van der Waals surface area contributed by atoms with Crippen LogP contribution in [0.1, 0.15) is 12.0 Å². The minimum absolute atomic E-state index is 0.0817. The summed E-state index contributed by atoms with van der Waals surface area (Å²) in [6.45, 7) is 0.0927. The van der Waals surface area contributed by atoms with E-state index in [-0.39, 0.29) is 26.1 Å². The zero-order chi connectivity index (χ0) is 16.8. The molecule has 0 aliphatic carbocycles. The van der Waals surface area contributed by atoms with Crippen molar-refractivity contribution >= 4 is 18.2 Å². The molecule has 1 aliphatic rings. The summed E-state index contributed by atoms with van der Waals surface area (Å²) in [7, 11) is 0. The van der Waals surface area contributed by atoms with Gasteiger partial charge in [0.15, 0.2) is 0 Å². The summed E-state index contributed by atoms with van der Waals surface area (Å²) >= 11 is 0. The molecule has 2 atom stereocenters. The van der Waals surface area contributed by atoms with E-state index in [9.17, 15) is 19.5 Å². The van der Waals surface area contributed by atoms with Crippen LogP contribution in [-0.4, -0.2) is 52.4 Å². The largest absolute Gasteiger partial charge is 0.481 e. The number of likely N-dealkylation sites (tertiary alicyclic amines) is 1. The standard InChI is InChI=1S/C15H18N2O6/c18-13(19)11-8-17(15(21)22)7-6-12(11)16-14(20)23-9-10-4-2-1-3-5-10/h1-5,11-12H,6-9H2,(H,16,20)(H,18,19)(H,21,22)/t11-,12+/m0/s1. The number of amides is 2. The quantitative estimate of drug-likeness (QED) is 0.771. The topological polar surface area (TPSA) is 116 Å². The fourth-order valence-corrected chi connectivity index (χ4v) is 2.46. The Labute approximate surface area is 132 Å². The van der Waals surface area contributed by atoms with E-state index in [2.05, 4.69) is 5.32 Å². The number of nitrogens with one attached hydrogen (secondary N) is 1. The Morgan fingerprint density at radius 2 is 1.91 bits per heavy atom. The van der Waals surface area contributed by atoms with Crippen molar-refractivity contribution in [1.29, 1.82) is 0 Å². The minimum Gasteiger partial charge on any atom is -0.481 e. The lowest BCUT2D eigenvalue weighted by atomic mass is 9.92. The molecule has 0 unspecified atom stereocenters. The molecule has 3 N–H and O–H groups in total. The zero-order valence-corrected chi connectivity index (χ0v) is 12.3. The van der Waals surface area contributed by atoms with Gasteiger partial charge in [-0.1, -0.05) is 30.3 Å². The van der Waals surface area contributed by atoms with Gasteiger partial charge in [0.25, 0.3) is 0 Å². The van der Waals surface area contributed by atoms with Crippen LogP contribution in [0.4, 0.5) is 9.59 Å². The highest BCUT2D eigenvalue weighted by molar-refractivity contribution is 5.75. The van der Waals surface area contributed by atoms with Gasteiger partial charge >= 0.3 is 18.2 Å². The van der Waals surface area contributed by atoms with Crippen LogP contribution in [0.25, 0.3) is 0 Å². The molecule has 23 heavy (non-hydrogen) atoms. The number of carbonyl (C=O) groups is 3. The van der Waals surface area contributed by atoms with Gasteiger partial charge in [-0.25, -0.2) is 9.59 Å². The summed E-state index contributed by atoms with van der Waals surface area (Å²) < 4.78 is 5.06. The predicted molar refractivity (Wildman–Crippen MR) is 78.9 cm³/mol. The second kappa shape index (κ2) is 7.48. The molecule has 0 saturated carbocycles. The SMILES string of the molecule is O=C(N[C@@H]1CCN(C(=O)O)C[C@@H]1C(=O)O)OCc1ccccc1. The Morgan fingerprint density at radius 1 is 1.22 bits per heavy atom. The van der Waals surface area contributed by atoms with Crippen molar-refractivity contribution in [2.75, 3.05) is 13.1 Å². The van der Waals surface area contributed by atoms with Crippen molar-refractivity contribution in [3.05, 3.63) is 35.9 Å². The molecule has 2 amide bonds. The highest BCUT2D eigenvalue weighted by Crippen LogP contribution is 2.18. The van der Waals surface area contributed by atoms with Gasteiger partial charge in [0.05, 0.1) is 5.92 Å². The lowest BCUT2D eigenvalue weighted by molar-refractivity contribution is -0.144. The Kier molecular flexibility index (Phi) is 5.40. The van der Waals surface area contributed by atoms with Crippen molar-refractivity contribution in [3.63, 3.8) is 0 Å². The Balaban J connectivity index is 1.88. The van der Waals surface area contributed by atoms with Crippen molar-refractivity contribution in [1.82, 2.24) is 10.2 Å². The Bertz CT molecular complexity index is 577. The van der Waals surface area contributed by atoms with Crippen LogP contribution in [-0.2, 0) is 16.1 Å². The van der Waals surface area contributed by atoms with Crippen molar-refractivity contribution in [2.24, 2.45) is 5.92 Å². The molecular weight excluding hydrogens is 304 g/mol. The average Bonchev–Trinajstić information content (AvgIpc) is 2.54. The molecule has 1 aromatic carbocycles. The lowest BCUT2D eigenvalue weighted by Gasteiger charge is -2.35. The van der Waals surface area contributed by atoms with Gasteiger partial charge in [0.1, 0.15) is 6.61 Å². The van der Waals surface area contributed by atoms with E-state index in [1.54, 1.807) is 12.1 Å². The average molecular weight is 322 g/mol. The molecule has 8 heteroatoms. The Hall–Kier alpha value is -2.77. The number of carboxylic acids is 1. The second-order valence-corrected chi connectivity index (χ2v) is 5.27. The molecule has 1 aromatic rings. The molecule has 1 aliphatic heterocycles. The van der Waals surface area contributed by atoms with Gasteiger partial charge in [-0.15, -0.1) is 0 Å². The van der Waals surface area contributed by atoms with Gasteiger partial charge < -0.3 is 25.2 Å². The van der Waals surface area contributed by atoms with Gasteiger partial charge in [0, 0.05) is 19.1 Å². The first-order valence-corrected chi connectivity index (χ1v) is 7.15. The number of hydrogen-bond acceptors (Lipinski definition) is 4. The van der Waals surface area contributed by atoms with E-state index in [4.69, 9.17) is 9.84 Å². The fourth-order valence-electron chi connectivity index (χ4n) is 2.46. The van der Waals surface area contributed by atoms with Gasteiger partial charge in [0.2, 0.25) is 0 Å². The molecule has 0 aromatic heterocycles. The third-order valence-electron chi connectivity index (χ3n) is 3.72. The van der Waals surface area contributed by atoms with E-state index in [1.165, 1.54) is 0 Å². The summed E-state index contributed by atoms with van der Waals surface area (Å²) in [6, 6.07) is 8.43. The van der Waals surface area contributed by atoms with Gasteiger partial charge in [-0.2, -0.15) is 0 Å². The lowest BCUT2D eigenvalue weighted by Crippen LogP contribution is -2.54. The van der Waals surface area contributed by atoms with Crippen LogP contribution < -0.4 is 5.32 Å². The van der Waals surface area contributed by atoms with E-state index >= 15 is 0 Å². The molecule has 8 nitrogen and oxygen atoms in total. The summed E-state index contributed by atoms with van der Waals surface area (Å²) in [5.41, 5.74) is 0.818. The summed E-state index contributed by atoms with van der Waals surface area (Å²) in [4.78, 5) is 35.1. The van der Waals surface area contributed by atoms with Gasteiger partial charge in [-0.3, -0.25) is 4.79 Å². The van der Waals surface area contributed by atoms with Crippen LogP contribution in [0, 0.1) is 5.92 Å². The molecule has 2 rings (SSSR count). The van der Waals surface area contributed by atoms with E-state index in [1.807, 2.05) is 18.2 Å². The number of rotatable bonds is 4. The van der Waals surface area contributed by atoms with E-state index < -0.39 is 30.1 Å². The normalized spacial score (nSPS) is 20.6. The van der Waals surface area contributed by atoms with Crippen LogP contribution >= 0.6 is 0 Å². The molecule has 0 radical (unpaired) electrons. The molecule has 1 fully saturated rings. The number of carboxylic acid groups (broad SMARTS) is 2. The number of carbonyl (C=O) groups excluding carboxylic acids is 1. The summed E-state index contributed by atoms with van der Waals surface area (Å²) in [6.07, 6.45) is -1.65. The van der Waals surface area contributed by atoms with Crippen LogP contribution in [0.2, 0.25) is 0 Å². The second-order valence-electron chi connectivity index (χ2n) is 5.27. The maximum atomic E-state index is 11.8. The number of hydrogen-bond donors (Lipinski definition) is 3. The number of aliphatic carboxylic acids is 1. The first kappa shape index (κ1) is 16.6. The zero-order valence-electron chi connectivity index (χ0n) is 12.3. The third kappa shape index (κ3) is 4.60. The highest BCUT2D eigenvalue weighted by atomic mass is 16.5. The minimum atomic E-state index is -1.17. The van der Waals surface area contributed by atoms with Crippen LogP contribution in [0.5, 0.6) is 0 Å². The molecular formula is C15H18N2O6.